The molecule has 5 heteroatoms. The van der Waals surface area contributed by atoms with Gasteiger partial charge in [0.1, 0.15) is 0 Å². The van der Waals surface area contributed by atoms with E-state index in [9.17, 15) is 4.79 Å². The minimum atomic E-state index is -0.138. The third-order valence-corrected chi connectivity index (χ3v) is 2.79. The van der Waals surface area contributed by atoms with Crippen LogP contribution in [0, 0.1) is 5.41 Å². The molecule has 0 spiro atoms. The highest BCUT2D eigenvalue weighted by Crippen LogP contribution is 2.01. The molecule has 0 aromatic heterocycles. The molecule has 0 unspecified atom stereocenters. The summed E-state index contributed by atoms with van der Waals surface area (Å²) >= 11 is 1.24. The molecule has 0 aliphatic rings. The summed E-state index contributed by atoms with van der Waals surface area (Å²) in [7, 11) is 0. The zero-order valence-corrected chi connectivity index (χ0v) is 11.3. The Balaban J connectivity index is 4.13. The van der Waals surface area contributed by atoms with Gasteiger partial charge in [-0.25, -0.2) is 4.79 Å². The first kappa shape index (κ1) is 15.3. The molecule has 0 saturated heterocycles. The Bertz CT molecular complexity index is 213. The normalized spacial score (nSPS) is 9.94. The van der Waals surface area contributed by atoms with E-state index in [4.69, 9.17) is 5.41 Å². The van der Waals surface area contributed by atoms with Gasteiger partial charge >= 0.3 is 6.03 Å². The van der Waals surface area contributed by atoms with Gasteiger partial charge in [0, 0.05) is 13.1 Å². The van der Waals surface area contributed by atoms with Crippen molar-refractivity contribution in [2.45, 2.75) is 39.5 Å². The Kier molecular flexibility index (Phi) is 9.09. The van der Waals surface area contributed by atoms with Crippen molar-refractivity contribution in [3.8, 4) is 0 Å². The third kappa shape index (κ3) is 6.71. The fourth-order valence-electron chi connectivity index (χ4n) is 1.24. The van der Waals surface area contributed by atoms with Crippen molar-refractivity contribution >= 4 is 23.0 Å². The molecule has 2 N–H and O–H groups in total. The maximum absolute atomic E-state index is 11.8. The Morgan fingerprint density at radius 3 is 2.12 bits per heavy atom. The molecule has 2 amide bonds. The lowest BCUT2D eigenvalue weighted by molar-refractivity contribution is 0.201. The van der Waals surface area contributed by atoms with Crippen LogP contribution in [0.2, 0.25) is 0 Å². The number of unbranched alkanes of at least 4 members (excludes halogenated alkanes) is 2. The van der Waals surface area contributed by atoms with Crippen molar-refractivity contribution in [3.05, 3.63) is 0 Å². The molecule has 0 aromatic carbocycles. The Morgan fingerprint density at radius 2 is 1.75 bits per heavy atom. The predicted molar refractivity (Wildman–Crippen MR) is 71.2 cm³/mol. The molecule has 0 bridgehead atoms. The van der Waals surface area contributed by atoms with Crippen LogP contribution in [0.1, 0.15) is 39.5 Å². The summed E-state index contributed by atoms with van der Waals surface area (Å²) in [6, 6.07) is -0.138. The van der Waals surface area contributed by atoms with Crippen LogP contribution in [-0.2, 0) is 0 Å². The van der Waals surface area contributed by atoms with E-state index in [1.807, 2.05) is 0 Å². The molecule has 0 aliphatic heterocycles. The van der Waals surface area contributed by atoms with Gasteiger partial charge in [-0.1, -0.05) is 38.5 Å². The van der Waals surface area contributed by atoms with Crippen LogP contribution in [-0.4, -0.2) is 35.4 Å². The quantitative estimate of drug-likeness (QED) is 0.558. The Hall–Kier alpha value is -0.710. The van der Waals surface area contributed by atoms with E-state index in [-0.39, 0.29) is 11.2 Å². The largest absolute Gasteiger partial charge is 0.324 e. The first-order valence-corrected chi connectivity index (χ1v) is 7.06. The molecule has 0 aliphatic carbocycles. The van der Waals surface area contributed by atoms with E-state index in [0.717, 1.165) is 38.8 Å². The van der Waals surface area contributed by atoms with E-state index in [2.05, 4.69) is 19.2 Å². The van der Waals surface area contributed by atoms with Crippen LogP contribution in [0.5, 0.6) is 0 Å². The molecule has 0 aromatic rings. The molecule has 4 nitrogen and oxygen atoms in total. The van der Waals surface area contributed by atoms with Crippen molar-refractivity contribution in [2.24, 2.45) is 0 Å². The second-order valence-corrected chi connectivity index (χ2v) is 4.47. The summed E-state index contributed by atoms with van der Waals surface area (Å²) < 4.78 is 0. The van der Waals surface area contributed by atoms with Gasteiger partial charge in [-0.3, -0.25) is 10.7 Å². The van der Waals surface area contributed by atoms with Gasteiger partial charge in [-0.2, -0.15) is 0 Å². The molecule has 0 atom stereocenters. The SMILES string of the molecule is CCCCN(CCCC)C(=O)NC(=N)SC. The number of carbonyl (C=O) groups excluding carboxylic acids is 1. The van der Waals surface area contributed by atoms with Crippen LogP contribution >= 0.6 is 11.8 Å². The molecule has 0 rings (SSSR count). The maximum Gasteiger partial charge on any atom is 0.323 e. The van der Waals surface area contributed by atoms with Gasteiger partial charge in [-0.05, 0) is 19.1 Å². The van der Waals surface area contributed by atoms with Crippen molar-refractivity contribution in [1.29, 1.82) is 5.41 Å². The topological polar surface area (TPSA) is 56.2 Å². The minimum Gasteiger partial charge on any atom is -0.324 e. The van der Waals surface area contributed by atoms with Gasteiger partial charge in [0.05, 0.1) is 0 Å². The monoisotopic (exact) mass is 245 g/mol. The molecule has 0 saturated carbocycles. The fourth-order valence-corrected chi connectivity index (χ4v) is 1.43. The van der Waals surface area contributed by atoms with Crippen molar-refractivity contribution < 1.29 is 4.79 Å². The van der Waals surface area contributed by atoms with Crippen LogP contribution < -0.4 is 5.32 Å². The lowest BCUT2D eigenvalue weighted by Gasteiger charge is -2.22. The summed E-state index contributed by atoms with van der Waals surface area (Å²) in [5.74, 6) is 0. The van der Waals surface area contributed by atoms with E-state index < -0.39 is 0 Å². The Morgan fingerprint density at radius 1 is 1.25 bits per heavy atom. The second kappa shape index (κ2) is 9.51. The summed E-state index contributed by atoms with van der Waals surface area (Å²) in [6.45, 7) is 5.79. The number of carbonyl (C=O) groups is 1. The standard InChI is InChI=1S/C11H23N3OS/c1-4-6-8-14(9-7-5-2)11(15)13-10(12)16-3/h4-9H2,1-3H3,(H2,12,13,15). The number of nitrogens with one attached hydrogen (secondary N) is 2. The summed E-state index contributed by atoms with van der Waals surface area (Å²) in [5, 5.41) is 10.2. The fraction of sp³-hybridized carbons (Fsp3) is 0.818. The van der Waals surface area contributed by atoms with Crippen LogP contribution in [0.4, 0.5) is 4.79 Å². The summed E-state index contributed by atoms with van der Waals surface area (Å²) in [6.07, 6.45) is 5.98. The highest BCUT2D eigenvalue weighted by Gasteiger charge is 2.12. The van der Waals surface area contributed by atoms with Gasteiger partial charge in [0.25, 0.3) is 0 Å². The second-order valence-electron chi connectivity index (χ2n) is 3.66. The lowest BCUT2D eigenvalue weighted by atomic mass is 10.3. The zero-order valence-electron chi connectivity index (χ0n) is 10.5. The maximum atomic E-state index is 11.8. The molecule has 16 heavy (non-hydrogen) atoms. The van der Waals surface area contributed by atoms with Gasteiger partial charge < -0.3 is 4.90 Å². The third-order valence-electron chi connectivity index (χ3n) is 2.27. The van der Waals surface area contributed by atoms with E-state index in [1.54, 1.807) is 11.2 Å². The van der Waals surface area contributed by atoms with Crippen LogP contribution in [0.15, 0.2) is 0 Å². The number of nitrogens with zero attached hydrogens (tertiary/aromatic N) is 1. The number of urea groups is 1. The van der Waals surface area contributed by atoms with Crippen molar-refractivity contribution in [1.82, 2.24) is 10.2 Å². The van der Waals surface area contributed by atoms with E-state index in [1.165, 1.54) is 11.8 Å². The number of amidine groups is 1. The van der Waals surface area contributed by atoms with Crippen molar-refractivity contribution in [2.75, 3.05) is 19.3 Å². The molecule has 94 valence electrons. The van der Waals surface area contributed by atoms with Gasteiger partial charge in [-0.15, -0.1) is 0 Å². The minimum absolute atomic E-state index is 0.138. The highest BCUT2D eigenvalue weighted by atomic mass is 32.2. The van der Waals surface area contributed by atoms with Crippen molar-refractivity contribution in [3.63, 3.8) is 0 Å². The molecule has 0 radical (unpaired) electrons. The molecular weight excluding hydrogens is 222 g/mol. The van der Waals surface area contributed by atoms with E-state index >= 15 is 0 Å². The number of hydrogen-bond donors (Lipinski definition) is 2. The first-order valence-electron chi connectivity index (χ1n) is 5.84. The number of rotatable bonds is 6. The molecular formula is C11H23N3OS. The van der Waals surface area contributed by atoms with Gasteiger partial charge in [0.15, 0.2) is 5.17 Å². The lowest BCUT2D eigenvalue weighted by Crippen LogP contribution is -2.42. The summed E-state index contributed by atoms with van der Waals surface area (Å²) in [4.78, 5) is 13.6. The number of thioether (sulfide) groups is 1. The average molecular weight is 245 g/mol. The average Bonchev–Trinajstić information content (AvgIpc) is 2.28. The first-order chi connectivity index (χ1) is 7.65. The predicted octanol–water partition coefficient (Wildman–Crippen LogP) is 2.90. The van der Waals surface area contributed by atoms with Crippen LogP contribution in [0.3, 0.4) is 0 Å². The van der Waals surface area contributed by atoms with Gasteiger partial charge in [0.2, 0.25) is 0 Å². The van der Waals surface area contributed by atoms with E-state index in [0.29, 0.717) is 0 Å². The zero-order chi connectivity index (χ0) is 12.4. The number of amides is 2. The smallest absolute Gasteiger partial charge is 0.323 e. The Labute approximate surface area is 103 Å². The molecule has 0 fully saturated rings. The van der Waals surface area contributed by atoms with Crippen LogP contribution in [0.25, 0.3) is 0 Å². The summed E-state index contributed by atoms with van der Waals surface area (Å²) in [5.41, 5.74) is 0. The highest BCUT2D eigenvalue weighted by molar-refractivity contribution is 8.13. The number of hydrogen-bond acceptors (Lipinski definition) is 3. The molecule has 0 heterocycles.